The molecule has 0 saturated heterocycles. The Bertz CT molecular complexity index is 1090. The predicted octanol–water partition coefficient (Wildman–Crippen LogP) is 3.12. The Morgan fingerprint density at radius 1 is 1.14 bits per heavy atom. The molecule has 1 aromatic heterocycles. The van der Waals surface area contributed by atoms with E-state index >= 15 is 0 Å². The van der Waals surface area contributed by atoms with Crippen molar-refractivity contribution in [2.45, 2.75) is 27.4 Å². The third-order valence-corrected chi connectivity index (χ3v) is 4.33. The largest absolute Gasteiger partial charge is 0.493 e. The van der Waals surface area contributed by atoms with Crippen LogP contribution in [0.2, 0.25) is 0 Å². The Balaban J connectivity index is 1.70. The minimum absolute atomic E-state index is 0.297. The number of anilines is 1. The number of aromatic nitrogens is 3. The molecule has 2 aromatic carbocycles. The van der Waals surface area contributed by atoms with Crippen molar-refractivity contribution in [3.05, 3.63) is 74.8 Å². The van der Waals surface area contributed by atoms with Crippen LogP contribution in [0.5, 0.6) is 11.5 Å². The fourth-order valence-corrected chi connectivity index (χ4v) is 2.66. The van der Waals surface area contributed by atoms with Gasteiger partial charge in [0.1, 0.15) is 12.3 Å². The van der Waals surface area contributed by atoms with Gasteiger partial charge in [-0.15, -0.1) is 0 Å². The first-order valence-corrected chi connectivity index (χ1v) is 9.05. The summed E-state index contributed by atoms with van der Waals surface area (Å²) in [6.45, 7) is 6.30. The van der Waals surface area contributed by atoms with Gasteiger partial charge in [-0.2, -0.15) is 15.2 Å². The highest BCUT2D eigenvalue weighted by Gasteiger charge is 2.07. The van der Waals surface area contributed by atoms with Crippen LogP contribution in [0.15, 0.2) is 46.3 Å². The molecule has 2 N–H and O–H groups in total. The Morgan fingerprint density at radius 2 is 1.97 bits per heavy atom. The van der Waals surface area contributed by atoms with E-state index < -0.39 is 5.69 Å². The molecular formula is C21H23N5O3. The minimum Gasteiger partial charge on any atom is -0.493 e. The molecule has 8 nitrogen and oxygen atoms in total. The number of aryl methyl sites for hydroxylation is 3. The maximum absolute atomic E-state index is 11.2. The van der Waals surface area contributed by atoms with Gasteiger partial charge in [0.2, 0.25) is 0 Å². The number of rotatable bonds is 7. The van der Waals surface area contributed by atoms with E-state index in [1.807, 2.05) is 18.2 Å². The number of nitrogens with zero attached hydrogens (tertiary/aromatic N) is 3. The van der Waals surface area contributed by atoms with Crippen molar-refractivity contribution in [3.63, 3.8) is 0 Å². The Hall–Kier alpha value is -3.68. The standard InChI is InChI=1S/C21H23N5O3/c1-13-5-6-14(2)17(9-13)12-29-18-8-7-16(10-19(18)28-4)11-22-25-20-15(3)24-26-21(27)23-20/h5-11H,12H2,1-4H3,(H2,23,25,26,27)/b22-11+. The van der Waals surface area contributed by atoms with Crippen LogP contribution in [0.3, 0.4) is 0 Å². The van der Waals surface area contributed by atoms with E-state index in [1.54, 1.807) is 20.2 Å². The van der Waals surface area contributed by atoms with E-state index in [4.69, 9.17) is 9.47 Å². The molecule has 0 saturated carbocycles. The van der Waals surface area contributed by atoms with Gasteiger partial charge in [0.25, 0.3) is 0 Å². The molecule has 8 heteroatoms. The molecule has 0 atom stereocenters. The van der Waals surface area contributed by atoms with Crippen molar-refractivity contribution in [1.82, 2.24) is 15.2 Å². The zero-order chi connectivity index (χ0) is 20.8. The second-order valence-corrected chi connectivity index (χ2v) is 6.57. The molecule has 3 rings (SSSR count). The highest BCUT2D eigenvalue weighted by atomic mass is 16.5. The summed E-state index contributed by atoms with van der Waals surface area (Å²) in [4.78, 5) is 15.0. The third-order valence-electron chi connectivity index (χ3n) is 4.33. The molecule has 0 aliphatic carbocycles. The fraction of sp³-hybridized carbons (Fsp3) is 0.238. The van der Waals surface area contributed by atoms with Crippen molar-refractivity contribution < 1.29 is 9.47 Å². The summed E-state index contributed by atoms with van der Waals surface area (Å²) >= 11 is 0. The molecule has 0 radical (unpaired) electrons. The van der Waals surface area contributed by atoms with Crippen molar-refractivity contribution in [2.75, 3.05) is 12.5 Å². The molecule has 0 aliphatic rings. The first kappa shape index (κ1) is 20.1. The summed E-state index contributed by atoms with van der Waals surface area (Å²) in [5, 5.41) is 10.2. The molecule has 150 valence electrons. The Kier molecular flexibility index (Phi) is 6.23. The molecule has 0 aliphatic heterocycles. The van der Waals surface area contributed by atoms with Crippen LogP contribution in [-0.2, 0) is 6.61 Å². The maximum atomic E-state index is 11.2. The molecule has 0 spiro atoms. The molecule has 0 unspecified atom stereocenters. The number of hydrogen-bond acceptors (Lipinski definition) is 7. The summed E-state index contributed by atoms with van der Waals surface area (Å²) in [7, 11) is 1.59. The number of nitrogens with one attached hydrogen (secondary N) is 2. The average molecular weight is 393 g/mol. The van der Waals surface area contributed by atoms with E-state index in [9.17, 15) is 4.79 Å². The summed E-state index contributed by atoms with van der Waals surface area (Å²) in [5.74, 6) is 1.55. The second kappa shape index (κ2) is 9.01. The van der Waals surface area contributed by atoms with Crippen LogP contribution in [0, 0.1) is 20.8 Å². The predicted molar refractivity (Wildman–Crippen MR) is 112 cm³/mol. The van der Waals surface area contributed by atoms with Crippen LogP contribution in [0.25, 0.3) is 0 Å². The van der Waals surface area contributed by atoms with Crippen LogP contribution in [-0.4, -0.2) is 28.5 Å². The van der Waals surface area contributed by atoms with Crippen LogP contribution < -0.4 is 20.6 Å². The zero-order valence-corrected chi connectivity index (χ0v) is 16.8. The van der Waals surface area contributed by atoms with Crippen molar-refractivity contribution in [1.29, 1.82) is 0 Å². The van der Waals surface area contributed by atoms with Gasteiger partial charge in [-0.25, -0.2) is 9.89 Å². The van der Waals surface area contributed by atoms with E-state index in [2.05, 4.69) is 57.8 Å². The normalized spacial score (nSPS) is 10.9. The molecule has 1 heterocycles. The minimum atomic E-state index is -0.541. The quantitative estimate of drug-likeness (QED) is 0.472. The molecular weight excluding hydrogens is 370 g/mol. The van der Waals surface area contributed by atoms with Gasteiger partial charge >= 0.3 is 5.69 Å². The van der Waals surface area contributed by atoms with Gasteiger partial charge in [-0.1, -0.05) is 23.8 Å². The molecule has 3 aromatic rings. The lowest BCUT2D eigenvalue weighted by atomic mass is 10.1. The van der Waals surface area contributed by atoms with Gasteiger partial charge in [-0.05, 0) is 55.7 Å². The summed E-state index contributed by atoms with van der Waals surface area (Å²) in [6.07, 6.45) is 1.60. The Morgan fingerprint density at radius 3 is 2.76 bits per heavy atom. The topological polar surface area (TPSA) is 101 Å². The summed E-state index contributed by atoms with van der Waals surface area (Å²) in [6, 6.07) is 11.8. The number of ether oxygens (including phenoxy) is 2. The molecule has 0 bridgehead atoms. The lowest BCUT2D eigenvalue weighted by Gasteiger charge is -2.13. The van der Waals surface area contributed by atoms with Gasteiger partial charge in [0, 0.05) is 0 Å². The Labute approximate surface area is 168 Å². The number of aromatic amines is 1. The van der Waals surface area contributed by atoms with Gasteiger partial charge in [0.15, 0.2) is 17.3 Å². The molecule has 0 fully saturated rings. The molecule has 29 heavy (non-hydrogen) atoms. The average Bonchev–Trinajstić information content (AvgIpc) is 2.71. The number of benzene rings is 2. The van der Waals surface area contributed by atoms with Crippen molar-refractivity contribution in [3.8, 4) is 11.5 Å². The summed E-state index contributed by atoms with van der Waals surface area (Å²) in [5.41, 5.74) is 7.02. The van der Waals surface area contributed by atoms with Crippen LogP contribution in [0.4, 0.5) is 5.82 Å². The monoisotopic (exact) mass is 393 g/mol. The van der Waals surface area contributed by atoms with Crippen molar-refractivity contribution >= 4 is 12.0 Å². The number of H-pyrrole nitrogens is 1. The summed E-state index contributed by atoms with van der Waals surface area (Å²) < 4.78 is 11.4. The van der Waals surface area contributed by atoms with E-state index in [0.29, 0.717) is 29.6 Å². The lowest BCUT2D eigenvalue weighted by Crippen LogP contribution is -2.15. The highest BCUT2D eigenvalue weighted by Crippen LogP contribution is 2.28. The third kappa shape index (κ3) is 5.19. The fourth-order valence-electron chi connectivity index (χ4n) is 2.66. The van der Waals surface area contributed by atoms with E-state index in [1.165, 1.54) is 11.1 Å². The van der Waals surface area contributed by atoms with Gasteiger partial charge in [-0.3, -0.25) is 5.43 Å². The molecule has 0 amide bonds. The second-order valence-electron chi connectivity index (χ2n) is 6.57. The first-order valence-electron chi connectivity index (χ1n) is 9.05. The SMILES string of the molecule is COc1cc(/C=N/Nc2nc(=O)[nH]nc2C)ccc1OCc1cc(C)ccc1C. The first-order chi connectivity index (χ1) is 14.0. The number of hydrogen-bond donors (Lipinski definition) is 2. The number of methoxy groups -OCH3 is 1. The maximum Gasteiger partial charge on any atom is 0.363 e. The van der Waals surface area contributed by atoms with Gasteiger partial charge in [0.05, 0.1) is 13.3 Å². The van der Waals surface area contributed by atoms with E-state index in [-0.39, 0.29) is 0 Å². The number of hydrazone groups is 1. The van der Waals surface area contributed by atoms with Crippen LogP contribution in [0.1, 0.15) is 27.9 Å². The van der Waals surface area contributed by atoms with E-state index in [0.717, 1.165) is 11.1 Å². The smallest absolute Gasteiger partial charge is 0.363 e. The van der Waals surface area contributed by atoms with Crippen molar-refractivity contribution in [2.24, 2.45) is 5.10 Å². The zero-order valence-electron chi connectivity index (χ0n) is 16.8. The lowest BCUT2D eigenvalue weighted by molar-refractivity contribution is 0.284. The highest BCUT2D eigenvalue weighted by molar-refractivity contribution is 5.81. The van der Waals surface area contributed by atoms with Gasteiger partial charge < -0.3 is 9.47 Å². The van der Waals surface area contributed by atoms with Crippen LogP contribution >= 0.6 is 0 Å².